The fraction of sp³-hybridized carbons (Fsp3) is 0.435. The molecule has 0 aliphatic heterocycles. The van der Waals surface area contributed by atoms with Crippen LogP contribution in [0.2, 0.25) is 5.02 Å². The average Bonchev–Trinajstić information content (AvgIpc) is 2.76. The first-order chi connectivity index (χ1) is 14.7. The van der Waals surface area contributed by atoms with Crippen LogP contribution in [-0.4, -0.2) is 56.3 Å². The zero-order valence-electron chi connectivity index (χ0n) is 17.7. The number of nitrogens with two attached hydrogens (primary N) is 2. The highest BCUT2D eigenvalue weighted by Crippen LogP contribution is 2.34. The third kappa shape index (κ3) is 5.73. The van der Waals surface area contributed by atoms with Gasteiger partial charge in [0.1, 0.15) is 5.75 Å². The van der Waals surface area contributed by atoms with E-state index >= 15 is 0 Å². The number of unbranched alkanes of at least 4 members (excludes halogenated alkanes) is 1. The third-order valence-corrected chi connectivity index (χ3v) is 5.51. The lowest BCUT2D eigenvalue weighted by Gasteiger charge is -2.23. The summed E-state index contributed by atoms with van der Waals surface area (Å²) in [5.41, 5.74) is 14.2. The molecule has 0 aliphatic carbocycles. The average molecular weight is 430 g/mol. The Morgan fingerprint density at radius 2 is 1.73 bits per heavy atom. The van der Waals surface area contributed by atoms with Crippen LogP contribution in [0, 0.1) is 0 Å². The van der Waals surface area contributed by atoms with E-state index in [1.165, 1.54) is 0 Å². The van der Waals surface area contributed by atoms with Gasteiger partial charge in [-0.2, -0.15) is 0 Å². The number of rotatable bonds is 12. The van der Waals surface area contributed by atoms with E-state index in [0.717, 1.165) is 85.2 Å². The topological polar surface area (TPSA) is 89.4 Å². The van der Waals surface area contributed by atoms with Crippen molar-refractivity contribution in [3.8, 4) is 5.75 Å². The van der Waals surface area contributed by atoms with Gasteiger partial charge in [0.2, 0.25) is 0 Å². The summed E-state index contributed by atoms with van der Waals surface area (Å²) in [4.78, 5) is 7.25. The molecule has 3 aromatic rings. The number of nitrogens with zero attached hydrogens (tertiary/aromatic N) is 2. The lowest BCUT2D eigenvalue weighted by atomic mass is 10.1. The Kier molecular flexibility index (Phi) is 8.51. The van der Waals surface area contributed by atoms with Gasteiger partial charge in [0.25, 0.3) is 0 Å². The lowest BCUT2D eigenvalue weighted by molar-refractivity contribution is 0.276. The van der Waals surface area contributed by atoms with Crippen molar-refractivity contribution < 1.29 is 4.74 Å². The Hall–Kier alpha value is -2.12. The van der Waals surface area contributed by atoms with Gasteiger partial charge in [0.05, 0.1) is 23.8 Å². The number of fused-ring (bicyclic) bond motifs is 2. The SMILES string of the molecule is COc1ccc2nc3cc(Cl)ccc3c(NCCN(CCCN)CCCCN)c2c1. The molecule has 30 heavy (non-hydrogen) atoms. The van der Waals surface area contributed by atoms with Crippen molar-refractivity contribution in [2.24, 2.45) is 11.5 Å². The number of hydrogen-bond acceptors (Lipinski definition) is 6. The number of methoxy groups -OCH3 is 1. The summed E-state index contributed by atoms with van der Waals surface area (Å²) in [7, 11) is 1.68. The summed E-state index contributed by atoms with van der Waals surface area (Å²) < 4.78 is 5.44. The van der Waals surface area contributed by atoms with Crippen molar-refractivity contribution in [2.45, 2.75) is 19.3 Å². The Bertz CT molecular complexity index is 965. The van der Waals surface area contributed by atoms with E-state index in [0.29, 0.717) is 11.6 Å². The smallest absolute Gasteiger partial charge is 0.119 e. The standard InChI is InChI=1S/C23H32ClN5O/c1-30-18-6-8-21-20(16-18)23(19-7-5-17(24)15-22(19)28-21)27-11-14-29(13-4-10-26)12-3-2-9-25/h5-8,15-16H,2-4,9-14,25-26H2,1H3,(H,27,28). The normalized spacial score (nSPS) is 11.5. The summed E-state index contributed by atoms with van der Waals surface area (Å²) >= 11 is 6.22. The first-order valence-electron chi connectivity index (χ1n) is 10.6. The Morgan fingerprint density at radius 3 is 2.50 bits per heavy atom. The van der Waals surface area contributed by atoms with Gasteiger partial charge in [-0.1, -0.05) is 11.6 Å². The molecule has 1 aromatic heterocycles. The van der Waals surface area contributed by atoms with Crippen LogP contribution in [-0.2, 0) is 0 Å². The van der Waals surface area contributed by atoms with Gasteiger partial charge in [-0.15, -0.1) is 0 Å². The predicted octanol–water partition coefficient (Wildman–Crippen LogP) is 3.85. The van der Waals surface area contributed by atoms with E-state index in [-0.39, 0.29) is 0 Å². The van der Waals surface area contributed by atoms with Crippen LogP contribution < -0.4 is 21.5 Å². The first kappa shape index (κ1) is 22.6. The van der Waals surface area contributed by atoms with Gasteiger partial charge >= 0.3 is 0 Å². The van der Waals surface area contributed by atoms with Crippen molar-refractivity contribution in [1.29, 1.82) is 0 Å². The molecule has 6 nitrogen and oxygen atoms in total. The predicted molar refractivity (Wildman–Crippen MR) is 128 cm³/mol. The van der Waals surface area contributed by atoms with E-state index in [1.54, 1.807) is 7.11 Å². The number of ether oxygens (including phenoxy) is 1. The van der Waals surface area contributed by atoms with Crippen molar-refractivity contribution in [2.75, 3.05) is 51.7 Å². The zero-order chi connectivity index (χ0) is 21.3. The molecule has 0 amide bonds. The molecular formula is C23H32ClN5O. The van der Waals surface area contributed by atoms with Gasteiger partial charge in [-0.3, -0.25) is 0 Å². The van der Waals surface area contributed by atoms with Crippen LogP contribution >= 0.6 is 11.6 Å². The molecule has 0 saturated heterocycles. The van der Waals surface area contributed by atoms with E-state index in [1.807, 2.05) is 36.4 Å². The number of anilines is 1. The zero-order valence-corrected chi connectivity index (χ0v) is 18.4. The minimum Gasteiger partial charge on any atom is -0.497 e. The Morgan fingerprint density at radius 1 is 0.933 bits per heavy atom. The number of benzene rings is 2. The van der Waals surface area contributed by atoms with Crippen LogP contribution in [0.15, 0.2) is 36.4 Å². The molecule has 2 aromatic carbocycles. The quantitative estimate of drug-likeness (QED) is 0.299. The van der Waals surface area contributed by atoms with Crippen molar-refractivity contribution in [3.05, 3.63) is 41.4 Å². The Labute approximate surface area is 183 Å². The van der Waals surface area contributed by atoms with E-state index in [4.69, 9.17) is 32.8 Å². The number of pyridine rings is 1. The summed E-state index contributed by atoms with van der Waals surface area (Å²) in [6, 6.07) is 11.8. The monoisotopic (exact) mass is 429 g/mol. The molecule has 0 fully saturated rings. The molecule has 0 atom stereocenters. The van der Waals surface area contributed by atoms with Gasteiger partial charge < -0.3 is 26.4 Å². The van der Waals surface area contributed by atoms with Crippen molar-refractivity contribution in [3.63, 3.8) is 0 Å². The lowest BCUT2D eigenvalue weighted by Crippen LogP contribution is -2.32. The first-order valence-corrected chi connectivity index (χ1v) is 11.0. The highest BCUT2D eigenvalue weighted by Gasteiger charge is 2.12. The maximum absolute atomic E-state index is 6.22. The van der Waals surface area contributed by atoms with Gasteiger partial charge in [-0.25, -0.2) is 4.98 Å². The number of hydrogen-bond donors (Lipinski definition) is 3. The highest BCUT2D eigenvalue weighted by atomic mass is 35.5. The molecular weight excluding hydrogens is 398 g/mol. The third-order valence-electron chi connectivity index (χ3n) is 5.28. The van der Waals surface area contributed by atoms with E-state index in [2.05, 4.69) is 10.2 Å². The van der Waals surface area contributed by atoms with Crippen LogP contribution in [0.1, 0.15) is 19.3 Å². The fourth-order valence-electron chi connectivity index (χ4n) is 3.68. The van der Waals surface area contributed by atoms with Crippen LogP contribution in [0.4, 0.5) is 5.69 Å². The molecule has 1 heterocycles. The second-order valence-corrected chi connectivity index (χ2v) is 7.87. The summed E-state index contributed by atoms with van der Waals surface area (Å²) in [5.74, 6) is 0.812. The second-order valence-electron chi connectivity index (χ2n) is 7.44. The van der Waals surface area contributed by atoms with Crippen molar-refractivity contribution >= 4 is 39.1 Å². The largest absolute Gasteiger partial charge is 0.497 e. The van der Waals surface area contributed by atoms with E-state index in [9.17, 15) is 0 Å². The van der Waals surface area contributed by atoms with Crippen LogP contribution in [0.3, 0.4) is 0 Å². The molecule has 0 aliphatic rings. The summed E-state index contributed by atoms with van der Waals surface area (Å²) in [5, 5.41) is 6.44. The number of aromatic nitrogens is 1. The molecule has 0 spiro atoms. The maximum Gasteiger partial charge on any atom is 0.119 e. The minimum atomic E-state index is 0.682. The van der Waals surface area contributed by atoms with E-state index < -0.39 is 0 Å². The van der Waals surface area contributed by atoms with Crippen molar-refractivity contribution in [1.82, 2.24) is 9.88 Å². The summed E-state index contributed by atoms with van der Waals surface area (Å²) in [6.45, 7) is 5.25. The minimum absolute atomic E-state index is 0.682. The highest BCUT2D eigenvalue weighted by molar-refractivity contribution is 6.31. The molecule has 0 unspecified atom stereocenters. The van der Waals surface area contributed by atoms with Gasteiger partial charge in [0, 0.05) is 28.9 Å². The number of halogens is 1. The Balaban J connectivity index is 1.84. The molecule has 0 radical (unpaired) electrons. The number of nitrogens with one attached hydrogen (secondary N) is 1. The maximum atomic E-state index is 6.22. The molecule has 3 rings (SSSR count). The van der Waals surface area contributed by atoms with Crippen LogP contribution in [0.25, 0.3) is 21.8 Å². The molecule has 0 saturated carbocycles. The molecule has 162 valence electrons. The second kappa shape index (κ2) is 11.3. The molecule has 5 N–H and O–H groups in total. The van der Waals surface area contributed by atoms with Gasteiger partial charge in [-0.05, 0) is 81.8 Å². The molecule has 0 bridgehead atoms. The summed E-state index contributed by atoms with van der Waals surface area (Å²) in [6.07, 6.45) is 3.16. The molecule has 7 heteroatoms. The van der Waals surface area contributed by atoms with Crippen LogP contribution in [0.5, 0.6) is 5.75 Å². The van der Waals surface area contributed by atoms with Gasteiger partial charge in [0.15, 0.2) is 0 Å². The fourth-order valence-corrected chi connectivity index (χ4v) is 3.85.